The van der Waals surface area contributed by atoms with E-state index in [2.05, 4.69) is 0 Å². The Morgan fingerprint density at radius 2 is 1.81 bits per heavy atom. The number of sulfone groups is 1. The highest BCUT2D eigenvalue weighted by Crippen LogP contribution is 2.29. The Morgan fingerprint density at radius 3 is 2.45 bits per heavy atom. The summed E-state index contributed by atoms with van der Waals surface area (Å²) in [7, 11) is -3.73. The first kappa shape index (κ1) is 21.4. The SMILES string of the molecule is Cc1ccc2c(c1)[N+](O)=C(c1ccc(CC(=O)CS(=O)(=O)c3ccc(Cl)s3)cc1)C2=O. The number of nitrogens with zero attached hydrogens (tertiary/aromatic N) is 1. The van der Waals surface area contributed by atoms with Crippen LogP contribution in [0.5, 0.6) is 0 Å². The number of ketones is 2. The average molecular weight is 475 g/mol. The molecule has 0 radical (unpaired) electrons. The molecule has 0 amide bonds. The predicted molar refractivity (Wildman–Crippen MR) is 118 cm³/mol. The molecule has 0 spiro atoms. The third-order valence-corrected chi connectivity index (χ3v) is 8.38. The molecule has 0 saturated heterocycles. The van der Waals surface area contributed by atoms with Crippen molar-refractivity contribution in [2.45, 2.75) is 17.6 Å². The van der Waals surface area contributed by atoms with Crippen molar-refractivity contribution in [3.8, 4) is 0 Å². The fourth-order valence-electron chi connectivity index (χ4n) is 3.41. The minimum atomic E-state index is -3.73. The van der Waals surface area contributed by atoms with Gasteiger partial charge in [-0.1, -0.05) is 29.8 Å². The summed E-state index contributed by atoms with van der Waals surface area (Å²) in [6.07, 6.45) is -0.0653. The second-order valence-corrected chi connectivity index (χ2v) is 11.2. The molecule has 0 aliphatic carbocycles. The summed E-state index contributed by atoms with van der Waals surface area (Å²) in [5, 5.41) is 10.5. The van der Waals surface area contributed by atoms with Gasteiger partial charge < -0.3 is 0 Å². The van der Waals surface area contributed by atoms with Crippen LogP contribution in [0.15, 0.2) is 58.8 Å². The number of fused-ring (bicyclic) bond motifs is 1. The first-order chi connectivity index (χ1) is 14.7. The fourth-order valence-corrected chi connectivity index (χ4v) is 6.23. The van der Waals surface area contributed by atoms with Crippen LogP contribution < -0.4 is 0 Å². The van der Waals surface area contributed by atoms with Crippen LogP contribution in [0.1, 0.15) is 27.0 Å². The Labute approximate surface area is 187 Å². The van der Waals surface area contributed by atoms with Gasteiger partial charge in [0.1, 0.15) is 15.5 Å². The number of hydrogen-bond acceptors (Lipinski definition) is 6. The molecule has 0 atom stereocenters. The van der Waals surface area contributed by atoms with Crippen molar-refractivity contribution in [3.05, 3.63) is 81.2 Å². The molecule has 3 aromatic rings. The summed E-state index contributed by atoms with van der Waals surface area (Å²) in [4.78, 5) is 25.0. The molecule has 0 bridgehead atoms. The van der Waals surface area contributed by atoms with E-state index in [4.69, 9.17) is 11.6 Å². The lowest BCUT2D eigenvalue weighted by Gasteiger charge is -2.03. The van der Waals surface area contributed by atoms with E-state index < -0.39 is 21.4 Å². The molecule has 0 saturated carbocycles. The second-order valence-electron chi connectivity index (χ2n) is 7.24. The van der Waals surface area contributed by atoms with Crippen LogP contribution in [0, 0.1) is 6.92 Å². The van der Waals surface area contributed by atoms with E-state index in [0.29, 0.717) is 26.7 Å². The van der Waals surface area contributed by atoms with E-state index in [0.717, 1.165) is 21.6 Å². The Morgan fingerprint density at radius 1 is 1.10 bits per heavy atom. The number of Topliss-reactive ketones (excluding diaryl/α,β-unsaturated/α-hetero) is 2. The Hall–Kier alpha value is -2.81. The normalized spacial score (nSPS) is 13.5. The van der Waals surface area contributed by atoms with Crippen LogP contribution in [0.3, 0.4) is 0 Å². The van der Waals surface area contributed by atoms with Crippen molar-refractivity contribution < 1.29 is 28.0 Å². The summed E-state index contributed by atoms with van der Waals surface area (Å²) < 4.78 is 26.0. The lowest BCUT2D eigenvalue weighted by Crippen LogP contribution is -2.18. The van der Waals surface area contributed by atoms with Gasteiger partial charge in [0.25, 0.3) is 11.5 Å². The Kier molecular flexibility index (Phi) is 5.55. The van der Waals surface area contributed by atoms with Gasteiger partial charge >= 0.3 is 5.71 Å². The van der Waals surface area contributed by atoms with Gasteiger partial charge in [0, 0.05) is 17.2 Å². The standard InChI is InChI=1S/C22H17ClNO5S2/c1-13-2-7-17-18(10-13)24(27)21(22(17)26)15-5-3-14(4-6-15)11-16(25)12-31(28,29)20-9-8-19(23)30-20/h2-10,27H,11-12H2,1H3/q+1. The molecule has 1 aliphatic rings. The topological polar surface area (TPSA) is 91.5 Å². The maximum absolute atomic E-state index is 12.7. The van der Waals surface area contributed by atoms with Gasteiger partial charge in [-0.05, 0) is 48.4 Å². The highest BCUT2D eigenvalue weighted by Gasteiger charge is 2.40. The van der Waals surface area contributed by atoms with E-state index in [1.807, 2.05) is 6.92 Å². The van der Waals surface area contributed by atoms with E-state index in [9.17, 15) is 23.2 Å². The highest BCUT2D eigenvalue weighted by atomic mass is 35.5. The zero-order valence-corrected chi connectivity index (χ0v) is 18.7. The van der Waals surface area contributed by atoms with E-state index in [-0.39, 0.29) is 22.1 Å². The third kappa shape index (κ3) is 4.19. The summed E-state index contributed by atoms with van der Waals surface area (Å²) in [6.45, 7) is 1.87. The smallest absolute Gasteiger partial charge is 0.298 e. The van der Waals surface area contributed by atoms with Gasteiger partial charge in [-0.25, -0.2) is 8.42 Å². The molecule has 31 heavy (non-hydrogen) atoms. The number of benzene rings is 2. The van der Waals surface area contributed by atoms with Gasteiger partial charge in [0.2, 0.25) is 0 Å². The first-order valence-electron chi connectivity index (χ1n) is 9.26. The summed E-state index contributed by atoms with van der Waals surface area (Å²) in [5.41, 5.74) is 3.01. The lowest BCUT2D eigenvalue weighted by molar-refractivity contribution is -0.710. The molecule has 1 N–H and O–H groups in total. The zero-order chi connectivity index (χ0) is 22.3. The van der Waals surface area contributed by atoms with Crippen LogP contribution in [-0.2, 0) is 21.1 Å². The number of halogens is 1. The van der Waals surface area contributed by atoms with E-state index in [1.54, 1.807) is 42.5 Å². The molecule has 1 aromatic heterocycles. The van der Waals surface area contributed by atoms with Crippen LogP contribution in [0.4, 0.5) is 5.69 Å². The highest BCUT2D eigenvalue weighted by molar-refractivity contribution is 7.94. The summed E-state index contributed by atoms with van der Waals surface area (Å²) in [6, 6.07) is 14.6. The molecule has 158 valence electrons. The zero-order valence-electron chi connectivity index (χ0n) is 16.3. The molecule has 0 unspecified atom stereocenters. The molecule has 4 rings (SSSR count). The first-order valence-corrected chi connectivity index (χ1v) is 12.1. The number of carbonyl (C=O) groups is 2. The van der Waals surface area contributed by atoms with Crippen molar-refractivity contribution in [2.75, 3.05) is 5.75 Å². The number of rotatable bonds is 6. The van der Waals surface area contributed by atoms with Crippen molar-refractivity contribution in [2.24, 2.45) is 0 Å². The number of thiophene rings is 1. The molecule has 9 heteroatoms. The lowest BCUT2D eigenvalue weighted by atomic mass is 10.00. The quantitative estimate of drug-likeness (QED) is 0.430. The van der Waals surface area contributed by atoms with Gasteiger partial charge in [-0.15, -0.1) is 11.3 Å². The predicted octanol–water partition coefficient (Wildman–Crippen LogP) is 4.01. The van der Waals surface area contributed by atoms with Gasteiger partial charge in [-0.3, -0.25) is 14.8 Å². The van der Waals surface area contributed by atoms with E-state index >= 15 is 0 Å². The number of hydrogen-bond donors (Lipinski definition) is 1. The van der Waals surface area contributed by atoms with Crippen molar-refractivity contribution in [3.63, 3.8) is 0 Å². The van der Waals surface area contributed by atoms with Gasteiger partial charge in [0.15, 0.2) is 15.6 Å². The second kappa shape index (κ2) is 8.03. The van der Waals surface area contributed by atoms with Crippen LogP contribution in [0.25, 0.3) is 0 Å². The van der Waals surface area contributed by atoms with E-state index in [1.165, 1.54) is 12.1 Å². The van der Waals surface area contributed by atoms with Crippen LogP contribution in [0.2, 0.25) is 4.34 Å². The minimum absolute atomic E-state index is 0.0650. The minimum Gasteiger partial charge on any atom is -0.298 e. The largest absolute Gasteiger partial charge is 0.313 e. The fraction of sp³-hybridized carbons (Fsp3) is 0.136. The van der Waals surface area contributed by atoms with Gasteiger partial charge in [0.05, 0.1) is 9.90 Å². The monoisotopic (exact) mass is 474 g/mol. The Bertz CT molecular complexity index is 1350. The van der Waals surface area contributed by atoms with Gasteiger partial charge in [-0.2, -0.15) is 0 Å². The number of carbonyl (C=O) groups excluding carboxylic acids is 2. The van der Waals surface area contributed by atoms with Crippen molar-refractivity contribution in [1.82, 2.24) is 0 Å². The molecule has 1 aliphatic heterocycles. The average Bonchev–Trinajstić information content (AvgIpc) is 3.25. The molecular weight excluding hydrogens is 458 g/mol. The molecule has 2 heterocycles. The van der Waals surface area contributed by atoms with Crippen molar-refractivity contribution >= 4 is 55.7 Å². The molecule has 0 fully saturated rings. The van der Waals surface area contributed by atoms with Crippen LogP contribution in [-0.4, -0.2) is 41.4 Å². The maximum atomic E-state index is 12.7. The Balaban J connectivity index is 1.50. The summed E-state index contributed by atoms with van der Waals surface area (Å²) >= 11 is 6.70. The number of aryl methyl sites for hydroxylation is 1. The molecule has 6 nitrogen and oxygen atoms in total. The third-order valence-electron chi connectivity index (χ3n) is 4.89. The van der Waals surface area contributed by atoms with Crippen LogP contribution >= 0.6 is 22.9 Å². The summed E-state index contributed by atoms with van der Waals surface area (Å²) in [5.74, 6) is -1.35. The molecular formula is C22H17ClNO5S2+. The molecule has 2 aromatic carbocycles. The van der Waals surface area contributed by atoms with Crippen molar-refractivity contribution in [1.29, 1.82) is 0 Å². The maximum Gasteiger partial charge on any atom is 0.313 e.